The Labute approximate surface area is 228 Å². The first-order chi connectivity index (χ1) is 18.1. The number of methoxy groups -OCH3 is 1. The number of allylic oxidation sites excluding steroid dienone is 2. The van der Waals surface area contributed by atoms with Crippen LogP contribution in [0, 0.1) is 12.3 Å². The number of hydrogen-bond acceptors (Lipinski definition) is 8. The van der Waals surface area contributed by atoms with Gasteiger partial charge in [-0.15, -0.1) is 0 Å². The summed E-state index contributed by atoms with van der Waals surface area (Å²) in [5.41, 5.74) is 10.2. The normalized spacial score (nSPS) is 13.4. The van der Waals surface area contributed by atoms with Crippen molar-refractivity contribution in [2.24, 2.45) is 11.1 Å². The first-order valence-corrected chi connectivity index (χ1v) is 13.4. The van der Waals surface area contributed by atoms with E-state index in [2.05, 4.69) is 26.7 Å². The Morgan fingerprint density at radius 2 is 1.95 bits per heavy atom. The molecule has 4 rings (SSSR count). The number of nitrogens with two attached hydrogens (primary N) is 1. The zero-order valence-electron chi connectivity index (χ0n) is 22.6. The van der Waals surface area contributed by atoms with Crippen molar-refractivity contribution >= 4 is 34.3 Å². The van der Waals surface area contributed by atoms with Gasteiger partial charge in [-0.3, -0.25) is 4.79 Å². The van der Waals surface area contributed by atoms with E-state index in [-0.39, 0.29) is 11.3 Å². The number of rotatable bonds is 10. The number of hydrogen-bond donors (Lipinski definition) is 3. The fourth-order valence-electron chi connectivity index (χ4n) is 3.57. The molecule has 0 spiro atoms. The Morgan fingerprint density at radius 1 is 1.16 bits per heavy atom. The first kappa shape index (κ1) is 27.5. The number of nitrogens with one attached hydrogen (secondary N) is 2. The molecule has 1 aromatic heterocycles. The van der Waals surface area contributed by atoms with Gasteiger partial charge in [-0.25, -0.2) is 9.97 Å². The van der Waals surface area contributed by atoms with Crippen LogP contribution in [0.2, 0.25) is 0 Å². The lowest BCUT2D eigenvalue weighted by atomic mass is 9.92. The smallest absolute Gasteiger partial charge is 0.251 e. The summed E-state index contributed by atoms with van der Waals surface area (Å²) >= 11 is 1.56. The highest BCUT2D eigenvalue weighted by atomic mass is 32.2. The summed E-state index contributed by atoms with van der Waals surface area (Å²) in [7, 11) is 1.65. The van der Waals surface area contributed by atoms with Crippen molar-refractivity contribution in [3.8, 4) is 5.75 Å². The molecule has 0 unspecified atom stereocenters. The average Bonchev–Trinajstić information content (AvgIpc) is 3.70. The lowest BCUT2D eigenvalue weighted by Gasteiger charge is -2.19. The lowest BCUT2D eigenvalue weighted by molar-refractivity contribution is -0.115. The van der Waals surface area contributed by atoms with Crippen LogP contribution < -0.4 is 21.1 Å². The van der Waals surface area contributed by atoms with E-state index in [4.69, 9.17) is 15.2 Å². The lowest BCUT2D eigenvalue weighted by Crippen LogP contribution is -2.28. The fourth-order valence-corrected chi connectivity index (χ4v) is 4.50. The van der Waals surface area contributed by atoms with E-state index in [9.17, 15) is 4.79 Å². The number of anilines is 1. The number of carbonyl (C=O) groups excluding carboxylic acids is 1. The summed E-state index contributed by atoms with van der Waals surface area (Å²) in [5.74, 6) is 1.27. The predicted molar refractivity (Wildman–Crippen MR) is 152 cm³/mol. The monoisotopic (exact) mass is 533 g/mol. The Morgan fingerprint density at radius 3 is 2.66 bits per heavy atom. The summed E-state index contributed by atoms with van der Waals surface area (Å²) in [5, 5.41) is 8.19. The summed E-state index contributed by atoms with van der Waals surface area (Å²) in [4.78, 5) is 22.6. The molecule has 1 aliphatic carbocycles. The number of ether oxygens (including phenoxy) is 2. The third kappa shape index (κ3) is 7.26. The Kier molecular flexibility index (Phi) is 8.58. The van der Waals surface area contributed by atoms with Crippen molar-refractivity contribution < 1.29 is 14.3 Å². The molecule has 38 heavy (non-hydrogen) atoms. The molecule has 1 amide bonds. The van der Waals surface area contributed by atoms with E-state index in [0.29, 0.717) is 18.9 Å². The molecule has 1 saturated carbocycles. The van der Waals surface area contributed by atoms with Gasteiger partial charge >= 0.3 is 0 Å². The van der Waals surface area contributed by atoms with Crippen LogP contribution in [0.15, 0.2) is 75.8 Å². The van der Waals surface area contributed by atoms with Crippen LogP contribution in [-0.2, 0) is 9.53 Å². The standard InChI is InChI=1S/C29H35N5O3S/c1-18-13-22-23(15-24(18)37-12-11-36-5)31-17-32-28(22)38-21-8-6-7-20(14-21)33-27(19-9-10-19)34-26(35)16-25(30)29(2,3)4/h6-8,13-17,33H,9-12,30H2,1-5H3,(H,34,35). The minimum atomic E-state index is -0.272. The van der Waals surface area contributed by atoms with Crippen molar-refractivity contribution in [2.75, 3.05) is 25.6 Å². The number of benzene rings is 2. The zero-order chi connectivity index (χ0) is 27.3. The third-order valence-corrected chi connectivity index (χ3v) is 7.02. The minimum Gasteiger partial charge on any atom is -0.491 e. The van der Waals surface area contributed by atoms with Crippen LogP contribution in [0.4, 0.5) is 5.69 Å². The molecule has 0 saturated heterocycles. The summed E-state index contributed by atoms with van der Waals surface area (Å²) in [6.45, 7) is 8.95. The molecule has 3 aromatic rings. The molecule has 0 atom stereocenters. The highest BCUT2D eigenvalue weighted by molar-refractivity contribution is 7.99. The molecule has 0 radical (unpaired) electrons. The molecule has 0 bridgehead atoms. The first-order valence-electron chi connectivity index (χ1n) is 12.6. The molecule has 0 aliphatic heterocycles. The van der Waals surface area contributed by atoms with Crippen molar-refractivity contribution in [2.45, 2.75) is 50.5 Å². The van der Waals surface area contributed by atoms with Crippen molar-refractivity contribution in [1.29, 1.82) is 0 Å². The second-order valence-corrected chi connectivity index (χ2v) is 11.3. The quantitative estimate of drug-likeness (QED) is 0.177. The maximum Gasteiger partial charge on any atom is 0.251 e. The molecule has 1 heterocycles. The SMILES string of the molecule is COCCOc1cc2ncnc(Sc3cccc(NC(NC(=O)C=C(N)C(C)(C)C)=C4CC4)c3)c2cc1C. The van der Waals surface area contributed by atoms with Gasteiger partial charge in [0.1, 0.15) is 29.5 Å². The predicted octanol–water partition coefficient (Wildman–Crippen LogP) is 5.54. The van der Waals surface area contributed by atoms with Gasteiger partial charge in [0.25, 0.3) is 5.91 Å². The number of carbonyl (C=O) groups is 1. The summed E-state index contributed by atoms with van der Waals surface area (Å²) in [6, 6.07) is 12.0. The van der Waals surface area contributed by atoms with Crippen LogP contribution in [-0.4, -0.2) is 36.2 Å². The highest BCUT2D eigenvalue weighted by Crippen LogP contribution is 2.36. The number of fused-ring (bicyclic) bond motifs is 1. The zero-order valence-corrected chi connectivity index (χ0v) is 23.4. The molecular weight excluding hydrogens is 498 g/mol. The third-order valence-electron chi connectivity index (χ3n) is 6.01. The Hall–Kier alpha value is -3.56. The van der Waals surface area contributed by atoms with Crippen LogP contribution in [0.1, 0.15) is 39.2 Å². The molecular formula is C29H35N5O3S. The van der Waals surface area contributed by atoms with Crippen LogP contribution >= 0.6 is 11.8 Å². The van der Waals surface area contributed by atoms with Gasteiger partial charge in [0.05, 0.1) is 12.1 Å². The second-order valence-electron chi connectivity index (χ2n) is 10.2. The Balaban J connectivity index is 1.51. The van der Waals surface area contributed by atoms with Gasteiger partial charge in [-0.05, 0) is 55.2 Å². The second kappa shape index (κ2) is 11.9. The van der Waals surface area contributed by atoms with Gasteiger partial charge in [0.15, 0.2) is 0 Å². The van der Waals surface area contributed by atoms with Gasteiger partial charge in [0, 0.05) is 46.3 Å². The average molecular weight is 534 g/mol. The summed E-state index contributed by atoms with van der Waals surface area (Å²) < 4.78 is 10.9. The maximum atomic E-state index is 12.6. The maximum absolute atomic E-state index is 12.6. The molecule has 2 aromatic carbocycles. The van der Waals surface area contributed by atoms with Crippen LogP contribution in [0.5, 0.6) is 5.75 Å². The molecule has 4 N–H and O–H groups in total. The number of amides is 1. The van der Waals surface area contributed by atoms with Gasteiger partial charge in [-0.2, -0.15) is 0 Å². The minimum absolute atomic E-state index is 0.238. The van der Waals surface area contributed by atoms with E-state index >= 15 is 0 Å². The number of aryl methyl sites for hydroxylation is 1. The summed E-state index contributed by atoms with van der Waals surface area (Å²) in [6.07, 6.45) is 4.95. The van der Waals surface area contributed by atoms with Crippen molar-refractivity contribution in [1.82, 2.24) is 15.3 Å². The topological polar surface area (TPSA) is 111 Å². The van der Waals surface area contributed by atoms with Crippen molar-refractivity contribution in [3.63, 3.8) is 0 Å². The molecule has 200 valence electrons. The van der Waals surface area contributed by atoms with E-state index in [1.165, 1.54) is 11.6 Å². The number of nitrogens with zero attached hydrogens (tertiary/aromatic N) is 2. The van der Waals surface area contributed by atoms with E-state index in [1.807, 2.05) is 58.0 Å². The highest BCUT2D eigenvalue weighted by Gasteiger charge is 2.21. The molecule has 8 nitrogen and oxygen atoms in total. The molecule has 9 heteroatoms. The Bertz CT molecular complexity index is 1390. The largest absolute Gasteiger partial charge is 0.491 e. The van der Waals surface area contributed by atoms with Crippen LogP contribution in [0.3, 0.4) is 0 Å². The molecule has 1 aliphatic rings. The van der Waals surface area contributed by atoms with Gasteiger partial charge in [0.2, 0.25) is 0 Å². The fraction of sp³-hybridized carbons (Fsp3) is 0.345. The van der Waals surface area contributed by atoms with Crippen molar-refractivity contribution in [3.05, 3.63) is 71.5 Å². The van der Waals surface area contributed by atoms with Gasteiger partial charge < -0.3 is 25.8 Å². The van der Waals surface area contributed by atoms with E-state index in [0.717, 1.165) is 56.5 Å². The van der Waals surface area contributed by atoms with E-state index < -0.39 is 0 Å². The van der Waals surface area contributed by atoms with Gasteiger partial charge in [-0.1, -0.05) is 38.6 Å². The molecule has 1 fully saturated rings. The van der Waals surface area contributed by atoms with E-state index in [1.54, 1.807) is 25.2 Å². The number of aromatic nitrogens is 2. The van der Waals surface area contributed by atoms with Crippen LogP contribution in [0.25, 0.3) is 10.9 Å².